The Bertz CT molecular complexity index is 985. The Labute approximate surface area is 152 Å². The molecule has 0 bridgehead atoms. The van der Waals surface area contributed by atoms with Gasteiger partial charge in [-0.15, -0.1) is 11.8 Å². The predicted octanol–water partition coefficient (Wildman–Crippen LogP) is 4.87. The van der Waals surface area contributed by atoms with E-state index in [1.54, 1.807) is 18.1 Å². The molecule has 2 aromatic heterocycles. The van der Waals surface area contributed by atoms with Crippen LogP contribution < -0.4 is 0 Å². The third-order valence-electron chi connectivity index (χ3n) is 3.59. The highest BCUT2D eigenvalue weighted by Gasteiger charge is 2.11. The van der Waals surface area contributed by atoms with Crippen molar-refractivity contribution in [2.45, 2.75) is 10.8 Å². The first kappa shape index (κ1) is 15.4. The molecule has 4 rings (SSSR count). The highest BCUT2D eigenvalue weighted by atomic mass is 79.9. The second-order valence-electron chi connectivity index (χ2n) is 5.23. The van der Waals surface area contributed by atoms with Crippen molar-refractivity contribution >= 4 is 38.7 Å². The van der Waals surface area contributed by atoms with Crippen molar-refractivity contribution in [1.29, 1.82) is 0 Å². The number of benzene rings is 2. The number of rotatable bonds is 4. The molecule has 2 aromatic carbocycles. The fourth-order valence-corrected chi connectivity index (χ4v) is 3.82. The molecular formula is C18H13BrN4S. The second kappa shape index (κ2) is 6.75. The molecule has 4 nitrogen and oxygen atoms in total. The van der Waals surface area contributed by atoms with Crippen molar-refractivity contribution in [3.8, 4) is 5.69 Å². The van der Waals surface area contributed by atoms with Gasteiger partial charge >= 0.3 is 0 Å². The molecule has 0 amide bonds. The third kappa shape index (κ3) is 3.07. The summed E-state index contributed by atoms with van der Waals surface area (Å²) in [5, 5.41) is 6.41. The lowest BCUT2D eigenvalue weighted by molar-refractivity contribution is 0.893. The largest absolute Gasteiger partial charge is 0.229 e. The fourth-order valence-electron chi connectivity index (χ4n) is 2.47. The zero-order chi connectivity index (χ0) is 16.4. The van der Waals surface area contributed by atoms with Crippen molar-refractivity contribution in [2.24, 2.45) is 0 Å². The monoisotopic (exact) mass is 396 g/mol. The molecule has 0 saturated heterocycles. The van der Waals surface area contributed by atoms with Gasteiger partial charge in [-0.05, 0) is 29.8 Å². The van der Waals surface area contributed by atoms with Gasteiger partial charge in [-0.25, -0.2) is 14.6 Å². The maximum absolute atomic E-state index is 4.49. The molecule has 2 heterocycles. The third-order valence-corrected chi connectivity index (χ3v) is 5.16. The van der Waals surface area contributed by atoms with E-state index in [2.05, 4.69) is 43.1 Å². The SMILES string of the molecule is Brc1cccc(CSc2ncnc3c2cnn3-c2ccccc2)c1. The zero-order valence-electron chi connectivity index (χ0n) is 12.6. The van der Waals surface area contributed by atoms with Crippen LogP contribution in [0.2, 0.25) is 0 Å². The summed E-state index contributed by atoms with van der Waals surface area (Å²) in [6.07, 6.45) is 3.44. The Morgan fingerprint density at radius 3 is 2.71 bits per heavy atom. The Morgan fingerprint density at radius 1 is 1.00 bits per heavy atom. The minimum Gasteiger partial charge on any atom is -0.229 e. The smallest absolute Gasteiger partial charge is 0.167 e. The maximum atomic E-state index is 4.49. The average Bonchev–Trinajstić information content (AvgIpc) is 3.05. The standard InChI is InChI=1S/C18H13BrN4S/c19-14-6-4-5-13(9-14)11-24-18-16-10-22-23(17(16)20-12-21-18)15-7-2-1-3-8-15/h1-10,12H,11H2. The normalized spacial score (nSPS) is 11.0. The molecule has 0 unspecified atom stereocenters. The number of fused-ring (bicyclic) bond motifs is 1. The zero-order valence-corrected chi connectivity index (χ0v) is 15.0. The molecule has 118 valence electrons. The van der Waals surface area contributed by atoms with Gasteiger partial charge < -0.3 is 0 Å². The highest BCUT2D eigenvalue weighted by Crippen LogP contribution is 2.28. The van der Waals surface area contributed by atoms with Gasteiger partial charge in [0.2, 0.25) is 0 Å². The Kier molecular flexibility index (Phi) is 4.32. The van der Waals surface area contributed by atoms with Gasteiger partial charge in [-0.2, -0.15) is 5.10 Å². The summed E-state index contributed by atoms with van der Waals surface area (Å²) in [6.45, 7) is 0. The highest BCUT2D eigenvalue weighted by molar-refractivity contribution is 9.10. The minimum absolute atomic E-state index is 0.827. The van der Waals surface area contributed by atoms with Crippen LogP contribution in [0.25, 0.3) is 16.7 Å². The van der Waals surface area contributed by atoms with Gasteiger partial charge in [0.1, 0.15) is 11.4 Å². The average molecular weight is 397 g/mol. The van der Waals surface area contributed by atoms with E-state index < -0.39 is 0 Å². The number of aromatic nitrogens is 4. The van der Waals surface area contributed by atoms with E-state index in [1.807, 2.05) is 53.3 Å². The molecule has 0 radical (unpaired) electrons. The van der Waals surface area contributed by atoms with Crippen molar-refractivity contribution in [3.05, 3.63) is 77.2 Å². The summed E-state index contributed by atoms with van der Waals surface area (Å²) in [5.74, 6) is 0.849. The Morgan fingerprint density at radius 2 is 1.88 bits per heavy atom. The van der Waals surface area contributed by atoms with Crippen LogP contribution >= 0.6 is 27.7 Å². The van der Waals surface area contributed by atoms with Gasteiger partial charge in [0.15, 0.2) is 5.65 Å². The Hall–Kier alpha value is -2.18. The molecule has 0 N–H and O–H groups in total. The molecule has 0 aliphatic heterocycles. The molecular weight excluding hydrogens is 384 g/mol. The van der Waals surface area contributed by atoms with Crippen molar-refractivity contribution in [1.82, 2.24) is 19.7 Å². The van der Waals surface area contributed by atoms with E-state index >= 15 is 0 Å². The van der Waals surface area contributed by atoms with Crippen LogP contribution in [0.1, 0.15) is 5.56 Å². The Balaban J connectivity index is 1.66. The van der Waals surface area contributed by atoms with Crippen LogP contribution in [-0.2, 0) is 5.75 Å². The van der Waals surface area contributed by atoms with Crippen LogP contribution in [0.4, 0.5) is 0 Å². The minimum atomic E-state index is 0.827. The number of hydrogen-bond donors (Lipinski definition) is 0. The molecule has 0 saturated carbocycles. The molecule has 0 atom stereocenters. The maximum Gasteiger partial charge on any atom is 0.167 e. The lowest BCUT2D eigenvalue weighted by Gasteiger charge is -2.04. The molecule has 0 spiro atoms. The number of nitrogens with zero attached hydrogens (tertiary/aromatic N) is 4. The molecule has 0 aliphatic carbocycles. The summed E-state index contributed by atoms with van der Waals surface area (Å²) in [7, 11) is 0. The van der Waals surface area contributed by atoms with Crippen LogP contribution in [0.3, 0.4) is 0 Å². The quantitative estimate of drug-likeness (QED) is 0.364. The number of para-hydroxylation sites is 1. The summed E-state index contributed by atoms with van der Waals surface area (Å²) < 4.78 is 2.94. The van der Waals surface area contributed by atoms with E-state index in [0.29, 0.717) is 0 Å². The second-order valence-corrected chi connectivity index (χ2v) is 7.11. The molecule has 4 aromatic rings. The summed E-state index contributed by atoms with van der Waals surface area (Å²) in [5.41, 5.74) is 3.07. The van der Waals surface area contributed by atoms with Crippen LogP contribution in [0.15, 0.2) is 76.6 Å². The fraction of sp³-hybridized carbons (Fsp3) is 0.0556. The van der Waals surface area contributed by atoms with Crippen LogP contribution in [-0.4, -0.2) is 19.7 Å². The van der Waals surface area contributed by atoms with Gasteiger partial charge in [0.05, 0.1) is 17.3 Å². The topological polar surface area (TPSA) is 43.6 Å². The van der Waals surface area contributed by atoms with E-state index in [-0.39, 0.29) is 0 Å². The molecule has 6 heteroatoms. The first-order valence-corrected chi connectivity index (χ1v) is 9.20. The lowest BCUT2D eigenvalue weighted by atomic mass is 10.2. The summed E-state index contributed by atoms with van der Waals surface area (Å²) in [4.78, 5) is 8.85. The molecule has 0 aliphatic rings. The number of hydrogen-bond acceptors (Lipinski definition) is 4. The van der Waals surface area contributed by atoms with Gasteiger partial charge in [0.25, 0.3) is 0 Å². The molecule has 0 fully saturated rings. The van der Waals surface area contributed by atoms with E-state index in [1.165, 1.54) is 5.56 Å². The van der Waals surface area contributed by atoms with Gasteiger partial charge in [-0.3, -0.25) is 0 Å². The van der Waals surface area contributed by atoms with E-state index in [0.717, 1.165) is 32.0 Å². The van der Waals surface area contributed by atoms with Gasteiger partial charge in [0, 0.05) is 10.2 Å². The van der Waals surface area contributed by atoms with Crippen molar-refractivity contribution in [3.63, 3.8) is 0 Å². The summed E-state index contributed by atoms with van der Waals surface area (Å²) >= 11 is 5.20. The van der Waals surface area contributed by atoms with Crippen LogP contribution in [0, 0.1) is 0 Å². The van der Waals surface area contributed by atoms with E-state index in [4.69, 9.17) is 0 Å². The number of halogens is 1. The van der Waals surface area contributed by atoms with Crippen LogP contribution in [0.5, 0.6) is 0 Å². The number of thioether (sulfide) groups is 1. The van der Waals surface area contributed by atoms with Gasteiger partial charge in [-0.1, -0.05) is 46.3 Å². The predicted molar refractivity (Wildman–Crippen MR) is 100 cm³/mol. The first-order chi connectivity index (χ1) is 11.8. The first-order valence-electron chi connectivity index (χ1n) is 7.43. The van der Waals surface area contributed by atoms with Crippen molar-refractivity contribution < 1.29 is 0 Å². The lowest BCUT2D eigenvalue weighted by Crippen LogP contribution is -1.97. The molecule has 24 heavy (non-hydrogen) atoms. The summed E-state index contributed by atoms with van der Waals surface area (Å²) in [6, 6.07) is 18.3. The van der Waals surface area contributed by atoms with Crippen molar-refractivity contribution in [2.75, 3.05) is 0 Å². The van der Waals surface area contributed by atoms with E-state index in [9.17, 15) is 0 Å².